The summed E-state index contributed by atoms with van der Waals surface area (Å²) >= 11 is 3.43. The van der Waals surface area contributed by atoms with Crippen LogP contribution in [0.1, 0.15) is 25.7 Å². The van der Waals surface area contributed by atoms with Gasteiger partial charge in [0.25, 0.3) is 0 Å². The van der Waals surface area contributed by atoms with Crippen molar-refractivity contribution in [2.45, 2.75) is 25.8 Å². The van der Waals surface area contributed by atoms with E-state index in [-0.39, 0.29) is 12.0 Å². The number of halogens is 1. The van der Waals surface area contributed by atoms with Crippen LogP contribution in [-0.2, 0) is 0 Å². The lowest BCUT2D eigenvalue weighted by atomic mass is 10.0. The third-order valence-electron chi connectivity index (χ3n) is 3.01. The molecule has 0 saturated carbocycles. The molecular formula is C12H15BrN4O. The molecule has 2 heterocycles. The van der Waals surface area contributed by atoms with Crippen LogP contribution in [0.4, 0.5) is 0 Å². The van der Waals surface area contributed by atoms with Crippen molar-refractivity contribution in [2.75, 3.05) is 7.05 Å². The van der Waals surface area contributed by atoms with Crippen molar-refractivity contribution in [1.82, 2.24) is 20.4 Å². The zero-order chi connectivity index (χ0) is 13.1. The maximum absolute atomic E-state index is 5.30. The average Bonchev–Trinajstić information content (AvgIpc) is 2.87. The molecule has 0 bridgehead atoms. The van der Waals surface area contributed by atoms with Crippen molar-refractivity contribution in [2.24, 2.45) is 0 Å². The molecule has 0 spiro atoms. The molecule has 18 heavy (non-hydrogen) atoms. The van der Waals surface area contributed by atoms with Gasteiger partial charge in [0, 0.05) is 16.7 Å². The van der Waals surface area contributed by atoms with E-state index in [1.807, 2.05) is 26.1 Å². The number of rotatable bonds is 4. The third-order valence-corrected chi connectivity index (χ3v) is 3.65. The Labute approximate surface area is 114 Å². The van der Waals surface area contributed by atoms with Gasteiger partial charge < -0.3 is 9.84 Å². The van der Waals surface area contributed by atoms with Crippen molar-refractivity contribution >= 4 is 15.9 Å². The molecule has 0 amide bonds. The zero-order valence-corrected chi connectivity index (χ0v) is 12.1. The molecule has 0 aliphatic rings. The fourth-order valence-electron chi connectivity index (χ4n) is 1.53. The van der Waals surface area contributed by atoms with E-state index in [0.29, 0.717) is 17.4 Å². The lowest BCUT2D eigenvalue weighted by molar-refractivity contribution is 0.336. The summed E-state index contributed by atoms with van der Waals surface area (Å²) in [5.41, 5.74) is 0.691. The molecule has 1 N–H and O–H groups in total. The fourth-order valence-corrected chi connectivity index (χ4v) is 1.96. The molecule has 5 nitrogen and oxygen atoms in total. The number of nitrogens with zero attached hydrogens (tertiary/aromatic N) is 3. The first-order valence-electron chi connectivity index (χ1n) is 5.75. The number of pyridine rings is 1. The van der Waals surface area contributed by atoms with Gasteiger partial charge >= 0.3 is 0 Å². The van der Waals surface area contributed by atoms with E-state index in [0.717, 1.165) is 4.47 Å². The first-order chi connectivity index (χ1) is 8.63. The summed E-state index contributed by atoms with van der Waals surface area (Å²) in [6.45, 7) is 4.12. The van der Waals surface area contributed by atoms with Gasteiger partial charge in [0.2, 0.25) is 11.7 Å². The van der Waals surface area contributed by atoms with Crippen LogP contribution >= 0.6 is 15.9 Å². The molecule has 2 aromatic heterocycles. The monoisotopic (exact) mass is 310 g/mol. The molecule has 0 radical (unpaired) electrons. The average molecular weight is 311 g/mol. The number of likely N-dealkylation sites (N-methyl/N-ethyl adjacent to an activating group) is 1. The third kappa shape index (κ3) is 2.59. The molecule has 2 rings (SSSR count). The largest absolute Gasteiger partial charge is 0.339 e. The molecule has 2 aromatic rings. The highest BCUT2D eigenvalue weighted by Crippen LogP contribution is 2.25. The van der Waals surface area contributed by atoms with Gasteiger partial charge in [-0.2, -0.15) is 4.98 Å². The van der Waals surface area contributed by atoms with Gasteiger partial charge in [0.05, 0.1) is 5.92 Å². The molecule has 6 heteroatoms. The SMILES string of the molecule is CNC(C)C(C)c1nc(-c2ncccc2Br)no1. The molecule has 96 valence electrons. The topological polar surface area (TPSA) is 63.8 Å². The predicted octanol–water partition coefficient (Wildman–Crippen LogP) is 2.61. The molecule has 0 aromatic carbocycles. The van der Waals surface area contributed by atoms with E-state index in [9.17, 15) is 0 Å². The highest BCUT2D eigenvalue weighted by molar-refractivity contribution is 9.10. The van der Waals surface area contributed by atoms with Crippen LogP contribution in [-0.4, -0.2) is 28.2 Å². The van der Waals surface area contributed by atoms with Crippen LogP contribution in [0, 0.1) is 0 Å². The van der Waals surface area contributed by atoms with E-state index in [2.05, 4.69) is 43.3 Å². The summed E-state index contributed by atoms with van der Waals surface area (Å²) in [5, 5.41) is 7.15. The second kappa shape index (κ2) is 5.58. The first-order valence-corrected chi connectivity index (χ1v) is 6.54. The van der Waals surface area contributed by atoms with Crippen LogP contribution in [0.15, 0.2) is 27.3 Å². The molecule has 0 aliphatic carbocycles. The summed E-state index contributed by atoms with van der Waals surface area (Å²) in [6, 6.07) is 4.02. The van der Waals surface area contributed by atoms with E-state index in [4.69, 9.17) is 4.52 Å². The van der Waals surface area contributed by atoms with E-state index >= 15 is 0 Å². The Morgan fingerprint density at radius 3 is 2.83 bits per heavy atom. The van der Waals surface area contributed by atoms with Crippen LogP contribution in [0.25, 0.3) is 11.5 Å². The second-order valence-electron chi connectivity index (χ2n) is 4.16. The number of hydrogen-bond acceptors (Lipinski definition) is 5. The minimum atomic E-state index is 0.152. The van der Waals surface area contributed by atoms with Gasteiger partial charge in [0.15, 0.2) is 0 Å². The van der Waals surface area contributed by atoms with Crippen molar-refractivity contribution in [3.8, 4) is 11.5 Å². The summed E-state index contributed by atoms with van der Waals surface area (Å²) in [6.07, 6.45) is 1.70. The van der Waals surface area contributed by atoms with Crippen LogP contribution in [0.5, 0.6) is 0 Å². The maximum Gasteiger partial charge on any atom is 0.231 e. The van der Waals surface area contributed by atoms with E-state index in [1.54, 1.807) is 6.20 Å². The minimum Gasteiger partial charge on any atom is -0.339 e. The minimum absolute atomic E-state index is 0.152. The maximum atomic E-state index is 5.30. The standard InChI is InChI=1S/C12H15BrN4O/c1-7(8(2)14-3)12-16-11(17-18-12)10-9(13)5-4-6-15-10/h4-8,14H,1-3H3. The van der Waals surface area contributed by atoms with Gasteiger partial charge in [0.1, 0.15) is 5.69 Å². The molecule has 2 unspecified atom stereocenters. The highest BCUT2D eigenvalue weighted by Gasteiger charge is 2.21. The van der Waals surface area contributed by atoms with Gasteiger partial charge in [-0.25, -0.2) is 0 Å². The molecule has 0 aliphatic heterocycles. The Hall–Kier alpha value is -1.27. The van der Waals surface area contributed by atoms with Crippen LogP contribution in [0.2, 0.25) is 0 Å². The predicted molar refractivity (Wildman–Crippen MR) is 72.2 cm³/mol. The molecular weight excluding hydrogens is 296 g/mol. The van der Waals surface area contributed by atoms with Gasteiger partial charge in [-0.15, -0.1) is 0 Å². The Bertz CT molecular complexity index is 528. The van der Waals surface area contributed by atoms with Gasteiger partial charge in [-0.05, 0) is 42.0 Å². The van der Waals surface area contributed by atoms with Crippen molar-refractivity contribution in [1.29, 1.82) is 0 Å². The van der Waals surface area contributed by atoms with Crippen LogP contribution < -0.4 is 5.32 Å². The summed E-state index contributed by atoms with van der Waals surface area (Å²) < 4.78 is 6.15. The zero-order valence-electron chi connectivity index (χ0n) is 10.5. The van der Waals surface area contributed by atoms with Crippen molar-refractivity contribution in [3.63, 3.8) is 0 Å². The number of hydrogen-bond donors (Lipinski definition) is 1. The molecule has 0 fully saturated rings. The summed E-state index contributed by atoms with van der Waals surface area (Å²) in [4.78, 5) is 8.64. The fraction of sp³-hybridized carbons (Fsp3) is 0.417. The van der Waals surface area contributed by atoms with Crippen molar-refractivity contribution < 1.29 is 4.52 Å². The summed E-state index contributed by atoms with van der Waals surface area (Å²) in [7, 11) is 1.91. The quantitative estimate of drug-likeness (QED) is 0.940. The second-order valence-corrected chi connectivity index (χ2v) is 5.01. The van der Waals surface area contributed by atoms with E-state index < -0.39 is 0 Å². The van der Waals surface area contributed by atoms with Crippen molar-refractivity contribution in [3.05, 3.63) is 28.7 Å². The molecule has 0 saturated heterocycles. The smallest absolute Gasteiger partial charge is 0.231 e. The summed E-state index contributed by atoms with van der Waals surface area (Å²) in [5.74, 6) is 1.27. The number of nitrogens with one attached hydrogen (secondary N) is 1. The number of aromatic nitrogens is 3. The molecule has 2 atom stereocenters. The highest BCUT2D eigenvalue weighted by atomic mass is 79.9. The Morgan fingerprint density at radius 2 is 2.17 bits per heavy atom. The lowest BCUT2D eigenvalue weighted by Gasteiger charge is -2.14. The Morgan fingerprint density at radius 1 is 1.39 bits per heavy atom. The van der Waals surface area contributed by atoms with E-state index in [1.165, 1.54) is 0 Å². The van der Waals surface area contributed by atoms with Gasteiger partial charge in [-0.3, -0.25) is 4.98 Å². The lowest BCUT2D eigenvalue weighted by Crippen LogP contribution is -2.27. The Kier molecular flexibility index (Phi) is 4.08. The Balaban J connectivity index is 2.29. The van der Waals surface area contributed by atoms with Crippen LogP contribution in [0.3, 0.4) is 0 Å². The van der Waals surface area contributed by atoms with Gasteiger partial charge in [-0.1, -0.05) is 12.1 Å². The normalized spacial score (nSPS) is 14.4. The first kappa shape index (κ1) is 13.2.